The molecule has 0 aliphatic carbocycles. The lowest BCUT2D eigenvalue weighted by atomic mass is 10.1. The first-order valence-corrected chi connectivity index (χ1v) is 5.90. The summed E-state index contributed by atoms with van der Waals surface area (Å²) in [5.41, 5.74) is 9.36. The quantitative estimate of drug-likeness (QED) is 0.799. The van der Waals surface area contributed by atoms with Gasteiger partial charge >= 0.3 is 0 Å². The first kappa shape index (κ1) is 13.5. The number of imidazole rings is 1. The third kappa shape index (κ3) is 2.75. The molecule has 2 heterocycles. The second kappa shape index (κ2) is 5.82. The third-order valence-corrected chi connectivity index (χ3v) is 3.02. The summed E-state index contributed by atoms with van der Waals surface area (Å²) in [6, 6.07) is 12.2. The van der Waals surface area contributed by atoms with Gasteiger partial charge in [0.25, 0.3) is 0 Å². The number of hydrogen-bond acceptors (Lipinski definition) is 3. The van der Waals surface area contributed by atoms with Gasteiger partial charge in [-0.1, -0.05) is 30.3 Å². The Morgan fingerprint density at radius 3 is 2.74 bits per heavy atom. The van der Waals surface area contributed by atoms with Crippen molar-refractivity contribution in [2.45, 2.75) is 12.6 Å². The van der Waals surface area contributed by atoms with Crippen LogP contribution < -0.4 is 5.73 Å². The largest absolute Gasteiger partial charge is 0.314 e. The maximum atomic E-state index is 6.24. The molecule has 4 nitrogen and oxygen atoms in total. The highest BCUT2D eigenvalue weighted by Gasteiger charge is 2.09. The van der Waals surface area contributed by atoms with E-state index in [2.05, 4.69) is 22.1 Å². The molecule has 0 saturated carbocycles. The zero-order valence-corrected chi connectivity index (χ0v) is 11.1. The van der Waals surface area contributed by atoms with Crippen molar-refractivity contribution in [3.05, 3.63) is 60.7 Å². The molecule has 19 heavy (non-hydrogen) atoms. The number of nitrogens with zero attached hydrogens (tertiary/aromatic N) is 3. The van der Waals surface area contributed by atoms with Crippen molar-refractivity contribution in [1.82, 2.24) is 14.5 Å². The predicted octanol–water partition coefficient (Wildman–Crippen LogP) is 2.55. The number of hydrogen-bond donors (Lipinski definition) is 1. The Morgan fingerprint density at radius 1 is 1.16 bits per heavy atom. The minimum absolute atomic E-state index is 0. The summed E-state index contributed by atoms with van der Waals surface area (Å²) in [5, 5.41) is 0. The molecule has 1 unspecified atom stereocenters. The first-order valence-electron chi connectivity index (χ1n) is 5.90. The van der Waals surface area contributed by atoms with E-state index in [-0.39, 0.29) is 18.6 Å². The van der Waals surface area contributed by atoms with Crippen LogP contribution in [-0.2, 0) is 6.42 Å². The van der Waals surface area contributed by atoms with Crippen LogP contribution in [0.5, 0.6) is 0 Å². The molecule has 0 radical (unpaired) electrons. The Kier molecular flexibility index (Phi) is 4.14. The lowest BCUT2D eigenvalue weighted by molar-refractivity contribution is 0.532. The maximum absolute atomic E-state index is 6.24. The summed E-state index contributed by atoms with van der Waals surface area (Å²) < 4.78 is 1.99. The normalized spacial score (nSPS) is 12.1. The molecule has 5 heteroatoms. The van der Waals surface area contributed by atoms with Crippen LogP contribution in [0.15, 0.2) is 55.1 Å². The van der Waals surface area contributed by atoms with Gasteiger partial charge < -0.3 is 10.3 Å². The molecule has 3 rings (SSSR count). The molecule has 0 bridgehead atoms. The fourth-order valence-corrected chi connectivity index (χ4v) is 2.10. The Bertz CT molecular complexity index is 651. The van der Waals surface area contributed by atoms with Crippen molar-refractivity contribution in [2.24, 2.45) is 5.73 Å². The van der Waals surface area contributed by atoms with E-state index in [0.29, 0.717) is 0 Å². The zero-order valence-electron chi connectivity index (χ0n) is 10.3. The fraction of sp³-hybridized carbons (Fsp3) is 0.143. The SMILES string of the molecule is Cl.NC(Cc1ccccc1)n1cnc2cnccc21. The number of nitrogens with two attached hydrogens (primary N) is 1. The van der Waals surface area contributed by atoms with Crippen LogP contribution in [0, 0.1) is 0 Å². The molecule has 98 valence electrons. The van der Waals surface area contributed by atoms with E-state index in [1.165, 1.54) is 5.56 Å². The van der Waals surface area contributed by atoms with Crippen molar-refractivity contribution in [1.29, 1.82) is 0 Å². The van der Waals surface area contributed by atoms with E-state index >= 15 is 0 Å². The molecule has 1 aromatic carbocycles. The van der Waals surface area contributed by atoms with Gasteiger partial charge in [0, 0.05) is 12.6 Å². The van der Waals surface area contributed by atoms with Gasteiger partial charge in [-0.15, -0.1) is 12.4 Å². The summed E-state index contributed by atoms with van der Waals surface area (Å²) in [4.78, 5) is 8.35. The monoisotopic (exact) mass is 274 g/mol. The molecule has 0 fully saturated rings. The standard InChI is InChI=1S/C14H14N4.ClH/c15-14(8-11-4-2-1-3-5-11)18-10-17-12-9-16-7-6-13(12)18;/h1-7,9-10,14H,8,15H2;1H. The molecule has 2 N–H and O–H groups in total. The number of aromatic nitrogens is 3. The Labute approximate surface area is 117 Å². The first-order chi connectivity index (χ1) is 8.84. The van der Waals surface area contributed by atoms with E-state index < -0.39 is 0 Å². The topological polar surface area (TPSA) is 56.7 Å². The van der Waals surface area contributed by atoms with Crippen LogP contribution in [0.2, 0.25) is 0 Å². The van der Waals surface area contributed by atoms with Crippen molar-refractivity contribution in [2.75, 3.05) is 0 Å². The third-order valence-electron chi connectivity index (χ3n) is 3.02. The van der Waals surface area contributed by atoms with Crippen LogP contribution in [0.3, 0.4) is 0 Å². The lowest BCUT2D eigenvalue weighted by Gasteiger charge is -2.14. The van der Waals surface area contributed by atoms with Crippen molar-refractivity contribution in [3.8, 4) is 0 Å². The minimum atomic E-state index is -0.111. The highest BCUT2D eigenvalue weighted by Crippen LogP contribution is 2.16. The van der Waals surface area contributed by atoms with Gasteiger partial charge in [-0.05, 0) is 11.6 Å². The molecule has 2 aromatic heterocycles. The summed E-state index contributed by atoms with van der Waals surface area (Å²) in [7, 11) is 0. The van der Waals surface area contributed by atoms with Crippen molar-refractivity contribution >= 4 is 23.4 Å². The van der Waals surface area contributed by atoms with E-state index in [9.17, 15) is 0 Å². The molecule has 0 amide bonds. The summed E-state index contributed by atoms with van der Waals surface area (Å²) in [5.74, 6) is 0. The summed E-state index contributed by atoms with van der Waals surface area (Å²) >= 11 is 0. The van der Waals surface area contributed by atoms with Crippen molar-refractivity contribution < 1.29 is 0 Å². The highest BCUT2D eigenvalue weighted by molar-refractivity contribution is 5.85. The molecule has 1 atom stereocenters. The Balaban J connectivity index is 0.00000133. The Morgan fingerprint density at radius 2 is 1.95 bits per heavy atom. The summed E-state index contributed by atoms with van der Waals surface area (Å²) in [6.45, 7) is 0. The maximum Gasteiger partial charge on any atom is 0.107 e. The molecule has 0 aliphatic heterocycles. The van der Waals surface area contributed by atoms with E-state index in [1.54, 1.807) is 18.7 Å². The van der Waals surface area contributed by atoms with Gasteiger partial charge in [-0.25, -0.2) is 4.98 Å². The van der Waals surface area contributed by atoms with Crippen LogP contribution in [0.1, 0.15) is 11.7 Å². The number of rotatable bonds is 3. The number of benzene rings is 1. The van der Waals surface area contributed by atoms with E-state index in [4.69, 9.17) is 5.73 Å². The van der Waals surface area contributed by atoms with Crippen molar-refractivity contribution in [3.63, 3.8) is 0 Å². The number of pyridine rings is 1. The summed E-state index contributed by atoms with van der Waals surface area (Å²) in [6.07, 6.45) is 5.96. The van der Waals surface area contributed by atoms with Crippen LogP contribution in [0.25, 0.3) is 11.0 Å². The van der Waals surface area contributed by atoms with Crippen LogP contribution in [-0.4, -0.2) is 14.5 Å². The van der Waals surface area contributed by atoms with Gasteiger partial charge in [-0.2, -0.15) is 0 Å². The molecule has 0 saturated heterocycles. The van der Waals surface area contributed by atoms with Crippen LogP contribution in [0.4, 0.5) is 0 Å². The van der Waals surface area contributed by atoms with Crippen LogP contribution >= 0.6 is 12.4 Å². The minimum Gasteiger partial charge on any atom is -0.314 e. The Hall–Kier alpha value is -1.91. The average Bonchev–Trinajstić information content (AvgIpc) is 2.84. The van der Waals surface area contributed by atoms with E-state index in [1.807, 2.05) is 28.8 Å². The van der Waals surface area contributed by atoms with E-state index in [0.717, 1.165) is 17.5 Å². The highest BCUT2D eigenvalue weighted by atomic mass is 35.5. The second-order valence-corrected chi connectivity index (χ2v) is 4.27. The number of fused-ring (bicyclic) bond motifs is 1. The van der Waals surface area contributed by atoms with Gasteiger partial charge in [0.15, 0.2) is 0 Å². The van der Waals surface area contributed by atoms with Gasteiger partial charge in [0.05, 0.1) is 24.2 Å². The molecule has 3 aromatic rings. The molecular weight excluding hydrogens is 260 g/mol. The lowest BCUT2D eigenvalue weighted by Crippen LogP contribution is -2.20. The second-order valence-electron chi connectivity index (χ2n) is 4.27. The van der Waals surface area contributed by atoms with Gasteiger partial charge in [-0.3, -0.25) is 4.98 Å². The van der Waals surface area contributed by atoms with Gasteiger partial charge in [0.1, 0.15) is 5.52 Å². The predicted molar refractivity (Wildman–Crippen MR) is 78.1 cm³/mol. The zero-order chi connectivity index (χ0) is 12.4. The molecule has 0 aliphatic rings. The smallest absolute Gasteiger partial charge is 0.107 e. The fourth-order valence-electron chi connectivity index (χ4n) is 2.10. The average molecular weight is 275 g/mol. The van der Waals surface area contributed by atoms with Gasteiger partial charge in [0.2, 0.25) is 0 Å². The number of halogens is 1. The molecular formula is C14H15ClN4. The molecule has 0 spiro atoms.